The average molecular weight is 648 g/mol. The highest BCUT2D eigenvalue weighted by Gasteiger charge is 2.50. The lowest BCUT2D eigenvalue weighted by Gasteiger charge is -2.35. The maximum absolute atomic E-state index is 14.1. The molecule has 0 saturated carbocycles. The number of nitrogens with one attached hydrogen (secondary N) is 1. The Morgan fingerprint density at radius 3 is 2.52 bits per heavy atom. The van der Waals surface area contributed by atoms with Gasteiger partial charge in [0.15, 0.2) is 0 Å². The molecule has 13 heteroatoms. The molecular formula is C33H37N3O9Si. The SMILES string of the molecule is C=C[Si](C)(C)c1c2c(nc3ccc(OC(C)=O)cc13)-c1cc3c(c(=O)n1C2)COC(=O)C3(CC)OC(=O)CNC(=O)OC(C)(C)C. The summed E-state index contributed by atoms with van der Waals surface area (Å²) in [4.78, 5) is 69.2. The Labute approximate surface area is 266 Å². The second-order valence-electron chi connectivity index (χ2n) is 12.9. The number of esters is 3. The number of carbonyl (C=O) groups is 4. The maximum Gasteiger partial charge on any atom is 0.408 e. The Morgan fingerprint density at radius 1 is 1.17 bits per heavy atom. The van der Waals surface area contributed by atoms with E-state index in [0.717, 1.165) is 16.1 Å². The van der Waals surface area contributed by atoms with E-state index in [2.05, 4.69) is 25.0 Å². The molecule has 5 rings (SSSR count). The van der Waals surface area contributed by atoms with Gasteiger partial charge < -0.3 is 28.8 Å². The van der Waals surface area contributed by atoms with E-state index in [1.165, 1.54) is 6.92 Å². The molecule has 0 fully saturated rings. The van der Waals surface area contributed by atoms with Crippen molar-refractivity contribution in [1.29, 1.82) is 0 Å². The van der Waals surface area contributed by atoms with Crippen LogP contribution in [0.15, 0.2) is 41.3 Å². The smallest absolute Gasteiger partial charge is 0.408 e. The van der Waals surface area contributed by atoms with E-state index in [1.54, 1.807) is 56.5 Å². The molecule has 0 saturated heterocycles. The highest BCUT2D eigenvalue weighted by molar-refractivity contribution is 6.95. The molecule has 2 aliphatic rings. The number of pyridine rings is 2. The standard InChI is InChI=1S/C33H37N3O9Si/c1-9-33(44-26(38)15-34-31(41)45-32(4,5)6)23-14-25-27-21(16-36(25)29(39)22(23)17-42-30(33)40)28(46(7,8)10-2)20-13-19(43-18(3)37)11-12-24(20)35-27/h10-14H,2,9,15-17H2,1,3-8H3,(H,34,41). The fourth-order valence-corrected chi connectivity index (χ4v) is 8.05. The molecular weight excluding hydrogens is 610 g/mol. The number of carbonyl (C=O) groups excluding carboxylic acids is 4. The van der Waals surface area contributed by atoms with Gasteiger partial charge in [-0.3, -0.25) is 14.4 Å². The van der Waals surface area contributed by atoms with Crippen molar-refractivity contribution < 1.29 is 38.1 Å². The summed E-state index contributed by atoms with van der Waals surface area (Å²) in [6.07, 6.45) is -0.854. The van der Waals surface area contributed by atoms with Gasteiger partial charge in [-0.1, -0.05) is 25.7 Å². The average Bonchev–Trinajstić information content (AvgIpc) is 3.33. The van der Waals surface area contributed by atoms with E-state index >= 15 is 0 Å². The lowest BCUT2D eigenvalue weighted by atomic mass is 9.85. The van der Waals surface area contributed by atoms with Crippen molar-refractivity contribution in [3.63, 3.8) is 0 Å². The van der Waals surface area contributed by atoms with Crippen LogP contribution in [0.1, 0.15) is 57.7 Å². The van der Waals surface area contributed by atoms with Crippen LogP contribution in [0.2, 0.25) is 13.1 Å². The van der Waals surface area contributed by atoms with Crippen molar-refractivity contribution in [3.8, 4) is 17.1 Å². The second kappa shape index (κ2) is 11.5. The fourth-order valence-electron chi connectivity index (χ4n) is 5.97. The third-order valence-corrected chi connectivity index (χ3v) is 11.0. The third kappa shape index (κ3) is 5.70. The lowest BCUT2D eigenvalue weighted by molar-refractivity contribution is -0.188. The van der Waals surface area contributed by atoms with Gasteiger partial charge in [0.05, 0.1) is 29.0 Å². The number of amides is 1. The van der Waals surface area contributed by atoms with E-state index in [1.807, 2.05) is 5.70 Å². The minimum Gasteiger partial charge on any atom is -0.457 e. The van der Waals surface area contributed by atoms with Crippen LogP contribution in [-0.4, -0.2) is 53.8 Å². The molecule has 1 amide bonds. The van der Waals surface area contributed by atoms with Crippen molar-refractivity contribution in [2.24, 2.45) is 0 Å². The van der Waals surface area contributed by atoms with Crippen molar-refractivity contribution in [1.82, 2.24) is 14.9 Å². The Morgan fingerprint density at radius 2 is 1.89 bits per heavy atom. The molecule has 0 radical (unpaired) electrons. The Bertz CT molecular complexity index is 1890. The molecule has 2 aliphatic heterocycles. The Balaban J connectivity index is 1.63. The topological polar surface area (TPSA) is 152 Å². The number of aromatic nitrogens is 2. The number of nitrogens with zero attached hydrogens (tertiary/aromatic N) is 2. The van der Waals surface area contributed by atoms with Crippen LogP contribution in [-0.2, 0) is 47.3 Å². The van der Waals surface area contributed by atoms with Gasteiger partial charge >= 0.3 is 24.0 Å². The molecule has 0 bridgehead atoms. The van der Waals surface area contributed by atoms with Gasteiger partial charge in [-0.2, -0.15) is 0 Å². The van der Waals surface area contributed by atoms with Gasteiger partial charge in [0.2, 0.25) is 5.60 Å². The number of benzene rings is 1. The molecule has 1 atom stereocenters. The zero-order valence-electron chi connectivity index (χ0n) is 27.0. The summed E-state index contributed by atoms with van der Waals surface area (Å²) in [5.74, 6) is -1.79. The number of hydrogen-bond acceptors (Lipinski definition) is 10. The molecule has 2 aromatic heterocycles. The van der Waals surface area contributed by atoms with Crippen LogP contribution in [0.4, 0.5) is 4.79 Å². The predicted molar refractivity (Wildman–Crippen MR) is 171 cm³/mol. The van der Waals surface area contributed by atoms with Gasteiger partial charge in [-0.15, -0.1) is 6.58 Å². The fraction of sp³-hybridized carbons (Fsp3) is 0.394. The summed E-state index contributed by atoms with van der Waals surface area (Å²) >= 11 is 0. The summed E-state index contributed by atoms with van der Waals surface area (Å²) in [7, 11) is -2.35. The van der Waals surface area contributed by atoms with Crippen LogP contribution in [0.25, 0.3) is 22.3 Å². The number of rotatable bonds is 7. The van der Waals surface area contributed by atoms with E-state index in [4.69, 9.17) is 23.9 Å². The van der Waals surface area contributed by atoms with Gasteiger partial charge in [-0.05, 0) is 56.6 Å². The van der Waals surface area contributed by atoms with Gasteiger partial charge in [0, 0.05) is 23.4 Å². The van der Waals surface area contributed by atoms with Crippen LogP contribution in [0.5, 0.6) is 5.75 Å². The quantitative estimate of drug-likeness (QED) is 0.136. The number of alkyl carbamates (subject to hydrolysis) is 1. The second-order valence-corrected chi connectivity index (χ2v) is 17.3. The first-order valence-electron chi connectivity index (χ1n) is 14.9. The van der Waals surface area contributed by atoms with E-state index in [0.29, 0.717) is 22.7 Å². The number of cyclic esters (lactones) is 1. The molecule has 0 spiro atoms. The minimum atomic E-state index is -2.35. The summed E-state index contributed by atoms with van der Waals surface area (Å²) in [5, 5.41) is 4.13. The number of hydrogen-bond donors (Lipinski definition) is 1. The summed E-state index contributed by atoms with van der Waals surface area (Å²) in [6.45, 7) is 15.7. The first-order chi connectivity index (χ1) is 21.5. The zero-order valence-corrected chi connectivity index (χ0v) is 28.0. The molecule has 1 aromatic carbocycles. The molecule has 3 aromatic rings. The molecule has 0 aliphatic carbocycles. The predicted octanol–water partition coefficient (Wildman–Crippen LogP) is 3.72. The van der Waals surface area contributed by atoms with Crippen molar-refractivity contribution in [2.75, 3.05) is 6.54 Å². The van der Waals surface area contributed by atoms with Gasteiger partial charge in [0.1, 0.15) is 32.6 Å². The maximum atomic E-state index is 14.1. The van der Waals surface area contributed by atoms with Crippen LogP contribution < -0.4 is 20.8 Å². The van der Waals surface area contributed by atoms with Crippen LogP contribution in [0.3, 0.4) is 0 Å². The molecule has 12 nitrogen and oxygen atoms in total. The third-order valence-electron chi connectivity index (χ3n) is 8.11. The van der Waals surface area contributed by atoms with Crippen molar-refractivity contribution >= 4 is 48.2 Å². The Hall–Kier alpha value is -4.78. The molecule has 4 heterocycles. The largest absolute Gasteiger partial charge is 0.457 e. The minimum absolute atomic E-state index is 0.0293. The number of ether oxygens (including phenoxy) is 4. The molecule has 46 heavy (non-hydrogen) atoms. The van der Waals surface area contributed by atoms with Gasteiger partial charge in [0.25, 0.3) is 5.56 Å². The summed E-state index contributed by atoms with van der Waals surface area (Å²) in [6, 6.07) is 6.89. The van der Waals surface area contributed by atoms with Crippen LogP contribution >= 0.6 is 0 Å². The van der Waals surface area contributed by atoms with Crippen LogP contribution in [0, 0.1) is 0 Å². The van der Waals surface area contributed by atoms with Crippen molar-refractivity contribution in [3.05, 3.63) is 63.6 Å². The number of fused-ring (bicyclic) bond motifs is 5. The summed E-state index contributed by atoms with van der Waals surface area (Å²) < 4.78 is 23.3. The van der Waals surface area contributed by atoms with Crippen molar-refractivity contribution in [2.45, 2.75) is 78.5 Å². The first-order valence-corrected chi connectivity index (χ1v) is 18.0. The normalized spacial score (nSPS) is 16.9. The van der Waals surface area contributed by atoms with E-state index in [-0.39, 0.29) is 30.7 Å². The highest BCUT2D eigenvalue weighted by atomic mass is 28.3. The monoisotopic (exact) mass is 647 g/mol. The highest BCUT2D eigenvalue weighted by Crippen LogP contribution is 2.41. The lowest BCUT2D eigenvalue weighted by Crippen LogP contribution is -2.49. The van der Waals surface area contributed by atoms with Gasteiger partial charge in [-0.25, -0.2) is 14.6 Å². The van der Waals surface area contributed by atoms with E-state index < -0.39 is 55.4 Å². The summed E-state index contributed by atoms with van der Waals surface area (Å²) in [5.41, 5.74) is 1.74. The molecule has 1 N–H and O–H groups in total. The molecule has 1 unspecified atom stereocenters. The molecule has 242 valence electrons. The first kappa shape index (κ1) is 32.6. The zero-order chi connectivity index (χ0) is 33.8. The Kier molecular flexibility index (Phi) is 8.18. The van der Waals surface area contributed by atoms with E-state index in [9.17, 15) is 24.0 Å².